The lowest BCUT2D eigenvalue weighted by Crippen LogP contribution is -2.25. The van der Waals surface area contributed by atoms with Gasteiger partial charge in [-0.25, -0.2) is 17.5 Å². The van der Waals surface area contributed by atoms with E-state index in [4.69, 9.17) is 4.74 Å². The van der Waals surface area contributed by atoms with Crippen molar-refractivity contribution >= 4 is 10.0 Å². The molecule has 4 nitrogen and oxygen atoms in total. The number of sulfonamides is 1. The lowest BCUT2D eigenvalue weighted by Gasteiger charge is -2.06. The highest BCUT2D eigenvalue weighted by Crippen LogP contribution is 2.09. The summed E-state index contributed by atoms with van der Waals surface area (Å²) in [5.41, 5.74) is 0. The zero-order chi connectivity index (χ0) is 12.7. The van der Waals surface area contributed by atoms with Crippen LogP contribution in [0.5, 0.6) is 0 Å². The van der Waals surface area contributed by atoms with E-state index in [1.165, 1.54) is 18.4 Å². The van der Waals surface area contributed by atoms with Gasteiger partial charge in [0.05, 0.1) is 17.8 Å². The molecule has 1 aromatic rings. The minimum atomic E-state index is -3.56. The van der Waals surface area contributed by atoms with Gasteiger partial charge in [0.15, 0.2) is 0 Å². The molecule has 0 unspecified atom stereocenters. The predicted octanol–water partition coefficient (Wildman–Crippen LogP) is 1.65. The average Bonchev–Trinajstić information content (AvgIpc) is 2.29. The van der Waals surface area contributed by atoms with Crippen LogP contribution in [0.4, 0.5) is 4.39 Å². The molecule has 0 bridgehead atoms. The van der Waals surface area contributed by atoms with Gasteiger partial charge in [-0.05, 0) is 30.7 Å². The molecule has 0 radical (unpaired) electrons. The van der Waals surface area contributed by atoms with Crippen LogP contribution in [0, 0.1) is 5.82 Å². The lowest BCUT2D eigenvalue weighted by atomic mass is 10.4. The van der Waals surface area contributed by atoms with Gasteiger partial charge in [0.2, 0.25) is 10.0 Å². The summed E-state index contributed by atoms with van der Waals surface area (Å²) in [4.78, 5) is 0.0449. The van der Waals surface area contributed by atoms with Crippen LogP contribution in [0.15, 0.2) is 42.0 Å². The molecule has 0 heterocycles. The first-order chi connectivity index (χ1) is 8.06. The summed E-state index contributed by atoms with van der Waals surface area (Å²) in [6.45, 7) is 4.02. The zero-order valence-electron chi connectivity index (χ0n) is 9.23. The SMILES string of the molecule is C=COCCCNS(=O)(=O)c1ccc(F)cc1. The maximum Gasteiger partial charge on any atom is 0.240 e. The van der Waals surface area contributed by atoms with E-state index in [0.29, 0.717) is 13.0 Å². The van der Waals surface area contributed by atoms with Crippen molar-refractivity contribution in [3.05, 3.63) is 42.9 Å². The van der Waals surface area contributed by atoms with E-state index in [0.717, 1.165) is 12.1 Å². The highest BCUT2D eigenvalue weighted by molar-refractivity contribution is 7.89. The highest BCUT2D eigenvalue weighted by atomic mass is 32.2. The van der Waals surface area contributed by atoms with Crippen molar-refractivity contribution in [2.75, 3.05) is 13.2 Å². The number of benzene rings is 1. The minimum Gasteiger partial charge on any atom is -0.502 e. The molecule has 17 heavy (non-hydrogen) atoms. The molecule has 0 atom stereocenters. The maximum absolute atomic E-state index is 12.6. The van der Waals surface area contributed by atoms with Gasteiger partial charge in [-0.1, -0.05) is 6.58 Å². The zero-order valence-corrected chi connectivity index (χ0v) is 10.0. The standard InChI is InChI=1S/C11H14FNO3S/c1-2-16-9-3-8-13-17(14,15)11-6-4-10(12)5-7-11/h2,4-7,13H,1,3,8-9H2. The molecule has 0 aliphatic rings. The normalized spacial score (nSPS) is 11.1. The first-order valence-electron chi connectivity index (χ1n) is 5.04. The second kappa shape index (κ2) is 6.36. The molecular weight excluding hydrogens is 245 g/mol. The fourth-order valence-electron chi connectivity index (χ4n) is 1.14. The molecule has 0 spiro atoms. The van der Waals surface area contributed by atoms with Crippen LogP contribution in [0.2, 0.25) is 0 Å². The summed E-state index contributed by atoms with van der Waals surface area (Å²) in [6.07, 6.45) is 1.83. The first kappa shape index (κ1) is 13.7. The van der Waals surface area contributed by atoms with E-state index in [1.807, 2.05) is 0 Å². The molecule has 6 heteroatoms. The van der Waals surface area contributed by atoms with Crippen molar-refractivity contribution in [3.63, 3.8) is 0 Å². The largest absolute Gasteiger partial charge is 0.502 e. The summed E-state index contributed by atoms with van der Waals surface area (Å²) in [7, 11) is -3.56. The molecule has 1 aromatic carbocycles. The number of hydrogen-bond donors (Lipinski definition) is 1. The van der Waals surface area contributed by atoms with E-state index < -0.39 is 15.8 Å². The van der Waals surface area contributed by atoms with Gasteiger partial charge in [0, 0.05) is 6.54 Å². The topological polar surface area (TPSA) is 55.4 Å². The van der Waals surface area contributed by atoms with Gasteiger partial charge in [0.1, 0.15) is 5.82 Å². The van der Waals surface area contributed by atoms with E-state index in [-0.39, 0.29) is 11.4 Å². The van der Waals surface area contributed by atoms with E-state index in [2.05, 4.69) is 11.3 Å². The minimum absolute atomic E-state index is 0.0449. The first-order valence-corrected chi connectivity index (χ1v) is 6.52. The molecule has 0 saturated heterocycles. The second-order valence-corrected chi connectivity index (χ2v) is 5.01. The Morgan fingerprint density at radius 1 is 1.35 bits per heavy atom. The van der Waals surface area contributed by atoms with Crippen molar-refractivity contribution in [1.29, 1.82) is 0 Å². The summed E-state index contributed by atoms with van der Waals surface area (Å²) in [6, 6.07) is 4.65. The van der Waals surface area contributed by atoms with Crippen molar-refractivity contribution in [1.82, 2.24) is 4.72 Å². The van der Waals surface area contributed by atoms with E-state index in [9.17, 15) is 12.8 Å². The van der Waals surface area contributed by atoms with Gasteiger partial charge in [-0.3, -0.25) is 0 Å². The van der Waals surface area contributed by atoms with Crippen LogP contribution >= 0.6 is 0 Å². The fourth-order valence-corrected chi connectivity index (χ4v) is 2.22. The second-order valence-electron chi connectivity index (χ2n) is 3.24. The molecule has 1 rings (SSSR count). The molecule has 0 aliphatic heterocycles. The Labute approximate surface area is 100 Å². The molecule has 0 aromatic heterocycles. The van der Waals surface area contributed by atoms with Gasteiger partial charge in [-0.15, -0.1) is 0 Å². The molecule has 0 amide bonds. The molecule has 0 saturated carbocycles. The third-order valence-corrected chi connectivity index (χ3v) is 3.45. The van der Waals surface area contributed by atoms with E-state index >= 15 is 0 Å². The number of halogens is 1. The Morgan fingerprint density at radius 2 is 2.00 bits per heavy atom. The average molecular weight is 259 g/mol. The monoisotopic (exact) mass is 259 g/mol. The highest BCUT2D eigenvalue weighted by Gasteiger charge is 2.12. The molecule has 0 fully saturated rings. The van der Waals surface area contributed by atoms with Crippen molar-refractivity contribution in [3.8, 4) is 0 Å². The Balaban J connectivity index is 2.51. The third kappa shape index (κ3) is 4.54. The maximum atomic E-state index is 12.6. The number of nitrogens with one attached hydrogen (secondary N) is 1. The van der Waals surface area contributed by atoms with Gasteiger partial charge in [0.25, 0.3) is 0 Å². The van der Waals surface area contributed by atoms with Crippen LogP contribution < -0.4 is 4.72 Å². The fraction of sp³-hybridized carbons (Fsp3) is 0.273. The van der Waals surface area contributed by atoms with Crippen LogP contribution in [0.3, 0.4) is 0 Å². The molecular formula is C11H14FNO3S. The van der Waals surface area contributed by atoms with Gasteiger partial charge < -0.3 is 4.74 Å². The predicted molar refractivity (Wildman–Crippen MR) is 62.4 cm³/mol. The number of ether oxygens (including phenoxy) is 1. The van der Waals surface area contributed by atoms with Gasteiger partial charge in [-0.2, -0.15) is 0 Å². The van der Waals surface area contributed by atoms with Crippen LogP contribution in [0.1, 0.15) is 6.42 Å². The van der Waals surface area contributed by atoms with E-state index in [1.54, 1.807) is 0 Å². The van der Waals surface area contributed by atoms with Gasteiger partial charge >= 0.3 is 0 Å². The quantitative estimate of drug-likeness (QED) is 0.598. The van der Waals surface area contributed by atoms with Crippen LogP contribution in [0.25, 0.3) is 0 Å². The summed E-state index contributed by atoms with van der Waals surface area (Å²) in [5.74, 6) is -0.469. The summed E-state index contributed by atoms with van der Waals surface area (Å²) < 4.78 is 43.2. The third-order valence-electron chi connectivity index (χ3n) is 1.97. The summed E-state index contributed by atoms with van der Waals surface area (Å²) >= 11 is 0. The summed E-state index contributed by atoms with van der Waals surface area (Å²) in [5, 5.41) is 0. The lowest BCUT2D eigenvalue weighted by molar-refractivity contribution is 0.247. The van der Waals surface area contributed by atoms with Crippen molar-refractivity contribution < 1.29 is 17.5 Å². The van der Waals surface area contributed by atoms with Crippen molar-refractivity contribution in [2.45, 2.75) is 11.3 Å². The van der Waals surface area contributed by atoms with Crippen LogP contribution in [-0.4, -0.2) is 21.6 Å². The Morgan fingerprint density at radius 3 is 2.59 bits per heavy atom. The number of hydrogen-bond acceptors (Lipinski definition) is 3. The molecule has 1 N–H and O–H groups in total. The Kier molecular flexibility index (Phi) is 5.11. The Hall–Kier alpha value is -1.40. The smallest absolute Gasteiger partial charge is 0.240 e. The molecule has 94 valence electrons. The van der Waals surface area contributed by atoms with Crippen LogP contribution in [-0.2, 0) is 14.8 Å². The molecule has 0 aliphatic carbocycles. The Bertz CT molecular complexity index is 456. The van der Waals surface area contributed by atoms with Crippen molar-refractivity contribution in [2.24, 2.45) is 0 Å². The number of rotatable bonds is 7.